The van der Waals surface area contributed by atoms with Gasteiger partial charge in [-0.05, 0) is 30.2 Å². The number of carbonyl (C=O) groups excluding carboxylic acids is 3. The summed E-state index contributed by atoms with van der Waals surface area (Å²) >= 11 is 0. The molecule has 0 fully saturated rings. The molecule has 0 radical (unpaired) electrons. The zero-order valence-corrected chi connectivity index (χ0v) is 12.4. The number of carbonyl (C=O) groups is 3. The van der Waals surface area contributed by atoms with E-state index < -0.39 is 17.9 Å². The van der Waals surface area contributed by atoms with Crippen molar-refractivity contribution in [3.8, 4) is 0 Å². The molecule has 2 aromatic rings. The molecule has 1 aliphatic heterocycles. The van der Waals surface area contributed by atoms with Crippen LogP contribution < -0.4 is 10.6 Å². The number of hydrogen-bond donors (Lipinski definition) is 2. The highest BCUT2D eigenvalue weighted by atomic mass is 16.5. The van der Waals surface area contributed by atoms with Crippen LogP contribution in [-0.4, -0.2) is 17.9 Å². The van der Waals surface area contributed by atoms with Gasteiger partial charge >= 0.3 is 6.09 Å². The number of amides is 3. The van der Waals surface area contributed by atoms with Crippen LogP contribution in [0.4, 0.5) is 10.5 Å². The Hall–Kier alpha value is -3.15. The van der Waals surface area contributed by atoms with E-state index in [0.717, 1.165) is 11.1 Å². The van der Waals surface area contributed by atoms with Gasteiger partial charge in [-0.2, -0.15) is 0 Å². The number of imide groups is 1. The molecule has 0 aromatic heterocycles. The van der Waals surface area contributed by atoms with Crippen molar-refractivity contribution in [2.75, 3.05) is 5.32 Å². The van der Waals surface area contributed by atoms with Crippen LogP contribution in [-0.2, 0) is 11.3 Å². The van der Waals surface area contributed by atoms with Crippen LogP contribution >= 0.6 is 0 Å². The Morgan fingerprint density at radius 3 is 2.61 bits per heavy atom. The second-order valence-electron chi connectivity index (χ2n) is 5.21. The largest absolute Gasteiger partial charge is 0.444 e. The quantitative estimate of drug-likeness (QED) is 0.854. The maximum Gasteiger partial charge on any atom is 0.411 e. The molecular formula is C17H14N2O4. The second-order valence-corrected chi connectivity index (χ2v) is 5.21. The topological polar surface area (TPSA) is 84.5 Å². The van der Waals surface area contributed by atoms with Crippen LogP contribution in [0.1, 0.15) is 31.8 Å². The lowest BCUT2D eigenvalue weighted by molar-refractivity contribution is 0.0880. The number of benzene rings is 2. The molecule has 0 saturated carbocycles. The van der Waals surface area contributed by atoms with Crippen molar-refractivity contribution in [1.29, 1.82) is 0 Å². The summed E-state index contributed by atoms with van der Waals surface area (Å²) in [7, 11) is 0. The van der Waals surface area contributed by atoms with Gasteiger partial charge in [-0.3, -0.25) is 20.2 Å². The minimum Gasteiger partial charge on any atom is -0.444 e. The summed E-state index contributed by atoms with van der Waals surface area (Å²) in [6.45, 7) is 1.89. The summed E-state index contributed by atoms with van der Waals surface area (Å²) in [5.74, 6) is -0.988. The van der Waals surface area contributed by atoms with Crippen LogP contribution in [0.5, 0.6) is 0 Å². The molecule has 6 nitrogen and oxygen atoms in total. The van der Waals surface area contributed by atoms with E-state index in [-0.39, 0.29) is 23.4 Å². The highest BCUT2D eigenvalue weighted by Crippen LogP contribution is 2.26. The molecule has 1 aliphatic rings. The van der Waals surface area contributed by atoms with Crippen molar-refractivity contribution in [2.45, 2.75) is 13.5 Å². The minimum absolute atomic E-state index is 0.117. The predicted molar refractivity (Wildman–Crippen MR) is 83.2 cm³/mol. The summed E-state index contributed by atoms with van der Waals surface area (Å²) in [5, 5.41) is 4.74. The van der Waals surface area contributed by atoms with E-state index >= 15 is 0 Å². The standard InChI is InChI=1S/C17H14N2O4/c1-10-7-12-14(16(21)19-15(12)20)13(8-10)18-17(22)23-9-11-5-3-2-4-6-11/h2-8H,9H2,1H3,(H,18,22)(H,19,20,21). The Labute approximate surface area is 132 Å². The molecule has 2 aromatic carbocycles. The van der Waals surface area contributed by atoms with E-state index in [2.05, 4.69) is 10.6 Å². The molecule has 0 spiro atoms. The lowest BCUT2D eigenvalue weighted by atomic mass is 10.0. The van der Waals surface area contributed by atoms with Gasteiger partial charge in [-0.1, -0.05) is 30.3 Å². The zero-order valence-electron chi connectivity index (χ0n) is 12.4. The maximum absolute atomic E-state index is 11.9. The molecule has 0 atom stereocenters. The fraction of sp³-hybridized carbons (Fsp3) is 0.118. The number of fused-ring (bicyclic) bond motifs is 1. The first kappa shape index (κ1) is 14.8. The van der Waals surface area contributed by atoms with Gasteiger partial charge < -0.3 is 4.74 Å². The van der Waals surface area contributed by atoms with Crippen molar-refractivity contribution in [3.63, 3.8) is 0 Å². The van der Waals surface area contributed by atoms with Crippen LogP contribution in [0.3, 0.4) is 0 Å². The van der Waals surface area contributed by atoms with Gasteiger partial charge in [0.05, 0.1) is 16.8 Å². The van der Waals surface area contributed by atoms with E-state index in [1.807, 2.05) is 30.3 Å². The number of rotatable bonds is 3. The molecule has 3 rings (SSSR count). The van der Waals surface area contributed by atoms with Crippen LogP contribution in [0.2, 0.25) is 0 Å². The van der Waals surface area contributed by atoms with Crippen molar-refractivity contribution < 1.29 is 19.1 Å². The van der Waals surface area contributed by atoms with Crippen molar-refractivity contribution in [3.05, 3.63) is 64.7 Å². The monoisotopic (exact) mass is 310 g/mol. The molecule has 6 heteroatoms. The average molecular weight is 310 g/mol. The Balaban J connectivity index is 1.76. The lowest BCUT2D eigenvalue weighted by Crippen LogP contribution is -2.21. The summed E-state index contributed by atoms with van der Waals surface area (Å²) in [6.07, 6.45) is -0.686. The van der Waals surface area contributed by atoms with E-state index in [0.29, 0.717) is 0 Å². The number of anilines is 1. The Bertz CT molecular complexity index is 800. The SMILES string of the molecule is Cc1cc(NC(=O)OCc2ccccc2)c2c(c1)C(=O)NC2=O. The van der Waals surface area contributed by atoms with Gasteiger partial charge in [0.15, 0.2) is 0 Å². The third-order valence-corrected chi connectivity index (χ3v) is 3.43. The summed E-state index contributed by atoms with van der Waals surface area (Å²) in [5.41, 5.74) is 2.30. The van der Waals surface area contributed by atoms with Crippen molar-refractivity contribution in [1.82, 2.24) is 5.32 Å². The normalized spacial score (nSPS) is 12.6. The number of ether oxygens (including phenoxy) is 1. The van der Waals surface area contributed by atoms with Crippen LogP contribution in [0.15, 0.2) is 42.5 Å². The van der Waals surface area contributed by atoms with Gasteiger partial charge in [-0.25, -0.2) is 4.79 Å². The molecule has 3 amide bonds. The summed E-state index contributed by atoms with van der Waals surface area (Å²) < 4.78 is 5.13. The van der Waals surface area contributed by atoms with Gasteiger partial charge in [0, 0.05) is 0 Å². The van der Waals surface area contributed by atoms with Gasteiger partial charge in [0.1, 0.15) is 6.61 Å². The number of nitrogens with one attached hydrogen (secondary N) is 2. The van der Waals surface area contributed by atoms with Crippen LogP contribution in [0, 0.1) is 6.92 Å². The molecule has 23 heavy (non-hydrogen) atoms. The lowest BCUT2D eigenvalue weighted by Gasteiger charge is -2.10. The zero-order chi connectivity index (χ0) is 16.4. The first-order valence-electron chi connectivity index (χ1n) is 7.02. The third kappa shape index (κ3) is 3.06. The number of aryl methyl sites for hydroxylation is 1. The number of hydrogen-bond acceptors (Lipinski definition) is 4. The summed E-state index contributed by atoms with van der Waals surface area (Å²) in [6, 6.07) is 12.5. The molecule has 0 bridgehead atoms. The Kier molecular flexibility index (Phi) is 3.80. The van der Waals surface area contributed by atoms with Gasteiger partial charge in [0.25, 0.3) is 11.8 Å². The van der Waals surface area contributed by atoms with Gasteiger partial charge in [0.2, 0.25) is 0 Å². The molecule has 0 aliphatic carbocycles. The first-order chi connectivity index (χ1) is 11.0. The fourth-order valence-electron chi connectivity index (χ4n) is 2.41. The van der Waals surface area contributed by atoms with Crippen molar-refractivity contribution in [2.24, 2.45) is 0 Å². The maximum atomic E-state index is 11.9. The van der Waals surface area contributed by atoms with Gasteiger partial charge in [-0.15, -0.1) is 0 Å². The Morgan fingerprint density at radius 2 is 1.87 bits per heavy atom. The predicted octanol–water partition coefficient (Wildman–Crippen LogP) is 2.63. The molecule has 0 saturated heterocycles. The third-order valence-electron chi connectivity index (χ3n) is 3.43. The van der Waals surface area contributed by atoms with E-state index in [4.69, 9.17) is 4.74 Å². The highest BCUT2D eigenvalue weighted by Gasteiger charge is 2.30. The molecule has 116 valence electrons. The molecular weight excluding hydrogens is 296 g/mol. The average Bonchev–Trinajstić information content (AvgIpc) is 2.81. The summed E-state index contributed by atoms with van der Waals surface area (Å²) in [4.78, 5) is 35.5. The molecule has 2 N–H and O–H groups in total. The van der Waals surface area contributed by atoms with Crippen molar-refractivity contribution >= 4 is 23.6 Å². The fourth-order valence-corrected chi connectivity index (χ4v) is 2.41. The molecule has 0 unspecified atom stereocenters. The smallest absolute Gasteiger partial charge is 0.411 e. The molecule has 1 heterocycles. The highest BCUT2D eigenvalue weighted by molar-refractivity contribution is 6.24. The van der Waals surface area contributed by atoms with Crippen LogP contribution in [0.25, 0.3) is 0 Å². The van der Waals surface area contributed by atoms with E-state index in [1.54, 1.807) is 19.1 Å². The second kappa shape index (κ2) is 5.92. The van der Waals surface area contributed by atoms with E-state index in [1.165, 1.54) is 0 Å². The minimum atomic E-state index is -0.686. The first-order valence-corrected chi connectivity index (χ1v) is 7.02. The van der Waals surface area contributed by atoms with E-state index in [9.17, 15) is 14.4 Å². The Morgan fingerprint density at radius 1 is 1.13 bits per heavy atom.